The van der Waals surface area contributed by atoms with Crippen LogP contribution in [-0.4, -0.2) is 32.6 Å². The van der Waals surface area contributed by atoms with E-state index < -0.39 is 5.97 Å². The highest BCUT2D eigenvalue weighted by atomic mass is 79.9. The third kappa shape index (κ3) is 6.58. The van der Waals surface area contributed by atoms with Crippen LogP contribution in [0.1, 0.15) is 11.1 Å². The molecule has 2 aromatic rings. The van der Waals surface area contributed by atoms with Gasteiger partial charge in [0.1, 0.15) is 0 Å². The molecule has 0 aliphatic carbocycles. The minimum atomic E-state index is -0.423. The summed E-state index contributed by atoms with van der Waals surface area (Å²) in [6.45, 7) is 0.127. The van der Waals surface area contributed by atoms with Gasteiger partial charge >= 0.3 is 5.97 Å². The lowest BCUT2D eigenvalue weighted by Gasteiger charge is -2.13. The molecule has 0 heterocycles. The third-order valence-electron chi connectivity index (χ3n) is 3.57. The molecule has 25 heavy (non-hydrogen) atoms. The summed E-state index contributed by atoms with van der Waals surface area (Å²) in [5.41, 5.74) is 2.92. The number of esters is 1. The van der Waals surface area contributed by atoms with Crippen LogP contribution in [-0.2, 0) is 27.3 Å². The van der Waals surface area contributed by atoms with Gasteiger partial charge in [0.05, 0.1) is 6.42 Å². The predicted octanol–water partition coefficient (Wildman–Crippen LogP) is 2.92. The Kier molecular flexibility index (Phi) is 7.01. The molecule has 132 valence electrons. The van der Waals surface area contributed by atoms with Crippen molar-refractivity contribution in [3.63, 3.8) is 0 Å². The minimum Gasteiger partial charge on any atom is -0.455 e. The first-order valence-corrected chi connectivity index (χ1v) is 8.66. The molecule has 0 bridgehead atoms. The summed E-state index contributed by atoms with van der Waals surface area (Å²) >= 11 is 3.34. The molecule has 6 heteroatoms. The van der Waals surface area contributed by atoms with E-state index in [9.17, 15) is 9.59 Å². The van der Waals surface area contributed by atoms with Crippen molar-refractivity contribution in [2.75, 3.05) is 25.6 Å². The Morgan fingerprint density at radius 2 is 1.60 bits per heavy atom. The van der Waals surface area contributed by atoms with E-state index in [2.05, 4.69) is 21.2 Å². The van der Waals surface area contributed by atoms with E-state index >= 15 is 0 Å². The number of carbonyl (C=O) groups is 2. The number of hydrogen-bond donors (Lipinski definition) is 1. The van der Waals surface area contributed by atoms with Crippen LogP contribution in [0.4, 0.5) is 5.69 Å². The minimum absolute atomic E-state index is 0.145. The lowest BCUT2D eigenvalue weighted by molar-refractivity contribution is -0.147. The number of anilines is 1. The zero-order valence-electron chi connectivity index (χ0n) is 14.3. The van der Waals surface area contributed by atoms with Gasteiger partial charge in [0.25, 0.3) is 5.91 Å². The first-order chi connectivity index (χ1) is 11.9. The average Bonchev–Trinajstić information content (AvgIpc) is 2.60. The SMILES string of the molecule is CN(C)c1ccc(CNC(=O)COC(=O)Cc2ccc(Br)cc2)cc1. The number of rotatable bonds is 7. The smallest absolute Gasteiger partial charge is 0.310 e. The molecule has 0 radical (unpaired) electrons. The Bertz CT molecular complexity index is 712. The maximum absolute atomic E-state index is 11.8. The Labute approximate surface area is 156 Å². The molecule has 0 aliphatic heterocycles. The standard InChI is InChI=1S/C19H21BrN2O3/c1-22(2)17-9-5-15(6-10-17)12-21-18(23)13-25-19(24)11-14-3-7-16(20)8-4-14/h3-10H,11-13H2,1-2H3,(H,21,23). The molecule has 0 spiro atoms. The number of carbonyl (C=O) groups excluding carboxylic acids is 2. The molecule has 0 unspecified atom stereocenters. The van der Waals surface area contributed by atoms with Crippen LogP contribution in [0.15, 0.2) is 53.0 Å². The molecule has 0 saturated carbocycles. The van der Waals surface area contributed by atoms with Crippen LogP contribution in [0.25, 0.3) is 0 Å². The highest BCUT2D eigenvalue weighted by Crippen LogP contribution is 2.12. The molecule has 5 nitrogen and oxygen atoms in total. The number of amides is 1. The lowest BCUT2D eigenvalue weighted by Crippen LogP contribution is -2.28. The molecule has 2 aromatic carbocycles. The van der Waals surface area contributed by atoms with Crippen molar-refractivity contribution < 1.29 is 14.3 Å². The molecule has 1 amide bonds. The van der Waals surface area contributed by atoms with Crippen LogP contribution in [0.3, 0.4) is 0 Å². The number of ether oxygens (including phenoxy) is 1. The quantitative estimate of drug-likeness (QED) is 0.720. The van der Waals surface area contributed by atoms with Crippen LogP contribution in [0, 0.1) is 0 Å². The zero-order valence-corrected chi connectivity index (χ0v) is 15.9. The Hall–Kier alpha value is -2.34. The van der Waals surface area contributed by atoms with Gasteiger partial charge in [-0.1, -0.05) is 40.2 Å². The van der Waals surface area contributed by atoms with E-state index in [4.69, 9.17) is 4.74 Å². The van der Waals surface area contributed by atoms with Crippen molar-refractivity contribution in [3.05, 3.63) is 64.1 Å². The van der Waals surface area contributed by atoms with Crippen LogP contribution >= 0.6 is 15.9 Å². The van der Waals surface area contributed by atoms with Gasteiger partial charge in [-0.2, -0.15) is 0 Å². The maximum atomic E-state index is 11.8. The molecule has 0 aliphatic rings. The van der Waals surface area contributed by atoms with Crippen molar-refractivity contribution in [2.24, 2.45) is 0 Å². The van der Waals surface area contributed by atoms with E-state index in [-0.39, 0.29) is 18.9 Å². The second-order valence-corrected chi connectivity index (χ2v) is 6.72. The van der Waals surface area contributed by atoms with Gasteiger partial charge in [-0.05, 0) is 35.4 Å². The average molecular weight is 405 g/mol. The first kappa shape index (κ1) is 19.0. The predicted molar refractivity (Wildman–Crippen MR) is 101 cm³/mol. The van der Waals surface area contributed by atoms with Crippen molar-refractivity contribution >= 4 is 33.5 Å². The molecule has 0 aromatic heterocycles. The molecule has 1 N–H and O–H groups in total. The van der Waals surface area contributed by atoms with Crippen LogP contribution in [0.2, 0.25) is 0 Å². The molecule has 2 rings (SSSR count). The summed E-state index contributed by atoms with van der Waals surface area (Å²) in [5, 5.41) is 2.74. The molecule has 0 atom stereocenters. The number of benzene rings is 2. The Morgan fingerprint density at radius 3 is 2.20 bits per heavy atom. The number of nitrogens with zero attached hydrogens (tertiary/aromatic N) is 1. The second-order valence-electron chi connectivity index (χ2n) is 5.80. The Morgan fingerprint density at radius 1 is 1.00 bits per heavy atom. The van der Waals surface area contributed by atoms with Gasteiger partial charge in [0.2, 0.25) is 0 Å². The zero-order chi connectivity index (χ0) is 18.2. The normalized spacial score (nSPS) is 10.2. The summed E-state index contributed by atoms with van der Waals surface area (Å²) in [6.07, 6.45) is 0.145. The molecule has 0 fully saturated rings. The molecular formula is C19H21BrN2O3. The van der Waals surface area contributed by atoms with E-state index in [1.54, 1.807) is 0 Å². The fourth-order valence-corrected chi connectivity index (χ4v) is 2.39. The van der Waals surface area contributed by atoms with Gasteiger partial charge in [-0.15, -0.1) is 0 Å². The summed E-state index contributed by atoms with van der Waals surface area (Å²) in [7, 11) is 3.94. The van der Waals surface area contributed by atoms with E-state index in [1.807, 2.05) is 67.5 Å². The Balaban J connectivity index is 1.71. The van der Waals surface area contributed by atoms with Crippen LogP contribution in [0.5, 0.6) is 0 Å². The lowest BCUT2D eigenvalue weighted by atomic mass is 10.2. The summed E-state index contributed by atoms with van der Waals surface area (Å²) in [4.78, 5) is 25.6. The van der Waals surface area contributed by atoms with Gasteiger partial charge in [-0.3, -0.25) is 9.59 Å². The summed E-state index contributed by atoms with van der Waals surface area (Å²) in [5.74, 6) is -0.742. The highest BCUT2D eigenvalue weighted by Gasteiger charge is 2.08. The fourth-order valence-electron chi connectivity index (χ4n) is 2.13. The maximum Gasteiger partial charge on any atom is 0.310 e. The van der Waals surface area contributed by atoms with Gasteiger partial charge < -0.3 is 15.0 Å². The number of nitrogens with one attached hydrogen (secondary N) is 1. The summed E-state index contributed by atoms with van der Waals surface area (Å²) < 4.78 is 5.95. The number of hydrogen-bond acceptors (Lipinski definition) is 4. The van der Waals surface area contributed by atoms with E-state index in [0.29, 0.717) is 6.54 Å². The van der Waals surface area contributed by atoms with E-state index in [0.717, 1.165) is 21.3 Å². The third-order valence-corrected chi connectivity index (χ3v) is 4.10. The first-order valence-electron chi connectivity index (χ1n) is 7.87. The van der Waals surface area contributed by atoms with Gasteiger partial charge in [-0.25, -0.2) is 0 Å². The molecule has 0 saturated heterocycles. The van der Waals surface area contributed by atoms with Crippen LogP contribution < -0.4 is 10.2 Å². The van der Waals surface area contributed by atoms with Gasteiger partial charge in [0.15, 0.2) is 6.61 Å². The second kappa shape index (κ2) is 9.22. The number of halogens is 1. The van der Waals surface area contributed by atoms with Gasteiger partial charge in [0, 0.05) is 30.8 Å². The topological polar surface area (TPSA) is 58.6 Å². The van der Waals surface area contributed by atoms with Crippen molar-refractivity contribution in [3.8, 4) is 0 Å². The van der Waals surface area contributed by atoms with Crippen molar-refractivity contribution in [1.82, 2.24) is 5.32 Å². The fraction of sp³-hybridized carbons (Fsp3) is 0.263. The van der Waals surface area contributed by atoms with E-state index in [1.165, 1.54) is 0 Å². The largest absolute Gasteiger partial charge is 0.455 e. The van der Waals surface area contributed by atoms with Crippen molar-refractivity contribution in [1.29, 1.82) is 0 Å². The monoisotopic (exact) mass is 404 g/mol. The summed E-state index contributed by atoms with van der Waals surface area (Å²) in [6, 6.07) is 15.3. The molecular weight excluding hydrogens is 384 g/mol. The highest BCUT2D eigenvalue weighted by molar-refractivity contribution is 9.10. The van der Waals surface area contributed by atoms with Crippen molar-refractivity contribution in [2.45, 2.75) is 13.0 Å².